The second kappa shape index (κ2) is 6.84. The summed E-state index contributed by atoms with van der Waals surface area (Å²) in [5.74, 6) is 0.933. The summed E-state index contributed by atoms with van der Waals surface area (Å²) in [4.78, 5) is 2.32. The first-order valence-corrected chi connectivity index (χ1v) is 8.59. The third kappa shape index (κ3) is 3.53. The number of rotatable bonds is 3. The van der Waals surface area contributed by atoms with E-state index in [1.807, 2.05) is 24.3 Å². The number of hydrogen-bond donors (Lipinski definition) is 0. The van der Waals surface area contributed by atoms with Gasteiger partial charge >= 0.3 is 0 Å². The standard InChI is InChI=1S/C19H22BrNO/c1-21(2)16-10-7-14-5-3-4-6-18(14)19(13-16)22-17-11-8-15(20)9-12-17/h3-6,8-9,11-12,16,19H,7,10,13H2,1-2H3/t16-,19-/m1/s1. The highest BCUT2D eigenvalue weighted by Crippen LogP contribution is 2.34. The van der Waals surface area contributed by atoms with Gasteiger partial charge in [0.15, 0.2) is 0 Å². The molecule has 2 aromatic carbocycles. The van der Waals surface area contributed by atoms with Crippen LogP contribution in [0.2, 0.25) is 0 Å². The van der Waals surface area contributed by atoms with Gasteiger partial charge in [0.25, 0.3) is 0 Å². The Morgan fingerprint density at radius 1 is 1.05 bits per heavy atom. The van der Waals surface area contributed by atoms with E-state index in [1.165, 1.54) is 17.5 Å². The fourth-order valence-corrected chi connectivity index (χ4v) is 3.41. The molecule has 2 atom stereocenters. The van der Waals surface area contributed by atoms with Crippen molar-refractivity contribution in [1.29, 1.82) is 0 Å². The summed E-state index contributed by atoms with van der Waals surface area (Å²) in [6.07, 6.45) is 3.45. The lowest BCUT2D eigenvalue weighted by atomic mass is 10.0. The van der Waals surface area contributed by atoms with E-state index in [0.29, 0.717) is 6.04 Å². The van der Waals surface area contributed by atoms with E-state index in [-0.39, 0.29) is 6.10 Å². The Kier molecular flexibility index (Phi) is 4.84. The van der Waals surface area contributed by atoms with Crippen molar-refractivity contribution in [3.63, 3.8) is 0 Å². The molecule has 0 heterocycles. The molecule has 0 radical (unpaired) electrons. The molecular weight excluding hydrogens is 338 g/mol. The molecule has 2 aromatic rings. The fourth-order valence-electron chi connectivity index (χ4n) is 3.15. The van der Waals surface area contributed by atoms with E-state index in [9.17, 15) is 0 Å². The normalized spacial score (nSPS) is 21.3. The van der Waals surface area contributed by atoms with Crippen LogP contribution in [0, 0.1) is 0 Å². The summed E-state index contributed by atoms with van der Waals surface area (Å²) in [6, 6.07) is 17.4. The van der Waals surface area contributed by atoms with Crippen LogP contribution in [0.25, 0.3) is 0 Å². The van der Waals surface area contributed by atoms with Crippen molar-refractivity contribution in [2.45, 2.75) is 31.4 Å². The van der Waals surface area contributed by atoms with Gasteiger partial charge in [0.2, 0.25) is 0 Å². The summed E-state index contributed by atoms with van der Waals surface area (Å²) in [6.45, 7) is 0. The Balaban J connectivity index is 1.89. The second-order valence-corrected chi connectivity index (χ2v) is 7.07. The van der Waals surface area contributed by atoms with Crippen molar-refractivity contribution in [3.05, 3.63) is 64.1 Å². The van der Waals surface area contributed by atoms with Crippen LogP contribution < -0.4 is 4.74 Å². The van der Waals surface area contributed by atoms with Gasteiger partial charge < -0.3 is 9.64 Å². The number of halogens is 1. The molecule has 0 unspecified atom stereocenters. The number of hydrogen-bond acceptors (Lipinski definition) is 2. The molecule has 1 aliphatic carbocycles. The van der Waals surface area contributed by atoms with Gasteiger partial charge in [0, 0.05) is 16.9 Å². The van der Waals surface area contributed by atoms with Crippen LogP contribution in [-0.4, -0.2) is 25.0 Å². The number of benzene rings is 2. The van der Waals surface area contributed by atoms with Crippen molar-refractivity contribution in [2.75, 3.05) is 14.1 Å². The predicted molar refractivity (Wildman–Crippen MR) is 94.4 cm³/mol. The Labute approximate surface area is 141 Å². The lowest BCUT2D eigenvalue weighted by Gasteiger charge is -2.27. The van der Waals surface area contributed by atoms with E-state index in [4.69, 9.17) is 4.74 Å². The van der Waals surface area contributed by atoms with Crippen molar-refractivity contribution in [1.82, 2.24) is 4.90 Å². The van der Waals surface area contributed by atoms with Gasteiger partial charge in [-0.1, -0.05) is 40.2 Å². The minimum absolute atomic E-state index is 0.118. The van der Waals surface area contributed by atoms with E-state index in [1.54, 1.807) is 0 Å². The molecule has 0 saturated carbocycles. The molecule has 0 aromatic heterocycles. The van der Waals surface area contributed by atoms with Gasteiger partial charge in [-0.2, -0.15) is 0 Å². The Hall–Kier alpha value is -1.32. The first kappa shape index (κ1) is 15.6. The highest BCUT2D eigenvalue weighted by Gasteiger charge is 2.26. The Morgan fingerprint density at radius 3 is 2.50 bits per heavy atom. The lowest BCUT2D eigenvalue weighted by molar-refractivity contribution is 0.147. The maximum atomic E-state index is 6.35. The van der Waals surface area contributed by atoms with Crippen LogP contribution in [0.5, 0.6) is 5.75 Å². The van der Waals surface area contributed by atoms with Crippen molar-refractivity contribution >= 4 is 15.9 Å². The quantitative estimate of drug-likeness (QED) is 0.727. The zero-order valence-electron chi connectivity index (χ0n) is 13.1. The summed E-state index contributed by atoms with van der Waals surface area (Å²) >= 11 is 3.48. The largest absolute Gasteiger partial charge is 0.486 e. The SMILES string of the molecule is CN(C)[C@@H]1CCc2ccccc2[C@H](Oc2ccc(Br)cc2)C1. The van der Waals surface area contributed by atoms with Crippen molar-refractivity contribution < 1.29 is 4.74 Å². The van der Waals surface area contributed by atoms with Crippen LogP contribution in [0.3, 0.4) is 0 Å². The molecule has 0 amide bonds. The van der Waals surface area contributed by atoms with Crippen LogP contribution in [0.15, 0.2) is 53.0 Å². The minimum Gasteiger partial charge on any atom is -0.486 e. The van der Waals surface area contributed by atoms with Crippen molar-refractivity contribution in [3.8, 4) is 5.75 Å². The summed E-state index contributed by atoms with van der Waals surface area (Å²) < 4.78 is 7.43. The molecule has 3 heteroatoms. The average molecular weight is 360 g/mol. The van der Waals surface area contributed by atoms with Crippen LogP contribution >= 0.6 is 15.9 Å². The summed E-state index contributed by atoms with van der Waals surface area (Å²) in [5.41, 5.74) is 2.77. The maximum Gasteiger partial charge on any atom is 0.125 e. The van der Waals surface area contributed by atoms with Crippen molar-refractivity contribution in [2.24, 2.45) is 0 Å². The molecule has 0 spiro atoms. The van der Waals surface area contributed by atoms with E-state index in [2.05, 4.69) is 59.2 Å². The molecule has 22 heavy (non-hydrogen) atoms. The summed E-state index contributed by atoms with van der Waals surface area (Å²) in [7, 11) is 4.33. The minimum atomic E-state index is 0.118. The maximum absolute atomic E-state index is 6.35. The Bertz CT molecular complexity index is 624. The smallest absolute Gasteiger partial charge is 0.125 e. The molecule has 0 aliphatic heterocycles. The van der Waals surface area contributed by atoms with Gasteiger partial charge in [0.1, 0.15) is 11.9 Å². The molecule has 1 aliphatic rings. The topological polar surface area (TPSA) is 12.5 Å². The first-order chi connectivity index (χ1) is 10.6. The fraction of sp³-hybridized carbons (Fsp3) is 0.368. The van der Waals surface area contributed by atoms with Gasteiger partial charge in [-0.25, -0.2) is 0 Å². The number of aryl methyl sites for hydroxylation is 1. The van der Waals surface area contributed by atoms with Gasteiger partial charge in [-0.3, -0.25) is 0 Å². The molecule has 116 valence electrons. The zero-order chi connectivity index (χ0) is 15.5. The van der Waals surface area contributed by atoms with E-state index >= 15 is 0 Å². The monoisotopic (exact) mass is 359 g/mol. The third-order valence-electron chi connectivity index (χ3n) is 4.46. The molecule has 3 rings (SSSR count). The highest BCUT2D eigenvalue weighted by molar-refractivity contribution is 9.10. The molecular formula is C19H22BrNO. The Morgan fingerprint density at radius 2 is 1.77 bits per heavy atom. The van der Waals surface area contributed by atoms with E-state index in [0.717, 1.165) is 23.1 Å². The molecule has 0 N–H and O–H groups in total. The number of nitrogens with zero attached hydrogens (tertiary/aromatic N) is 1. The third-order valence-corrected chi connectivity index (χ3v) is 4.99. The van der Waals surface area contributed by atoms with Gasteiger partial charge in [-0.15, -0.1) is 0 Å². The first-order valence-electron chi connectivity index (χ1n) is 7.80. The molecule has 0 fully saturated rings. The zero-order valence-corrected chi connectivity index (χ0v) is 14.7. The highest BCUT2D eigenvalue weighted by atomic mass is 79.9. The molecule has 0 saturated heterocycles. The summed E-state index contributed by atoms with van der Waals surface area (Å²) in [5, 5.41) is 0. The average Bonchev–Trinajstić information content (AvgIpc) is 2.70. The molecule has 0 bridgehead atoms. The number of fused-ring (bicyclic) bond motifs is 1. The molecule has 2 nitrogen and oxygen atoms in total. The van der Waals surface area contributed by atoms with Crippen LogP contribution in [-0.2, 0) is 6.42 Å². The van der Waals surface area contributed by atoms with E-state index < -0.39 is 0 Å². The number of ether oxygens (including phenoxy) is 1. The second-order valence-electron chi connectivity index (χ2n) is 6.15. The van der Waals surface area contributed by atoms with Gasteiger partial charge in [-0.05, 0) is 62.3 Å². The van der Waals surface area contributed by atoms with Crippen LogP contribution in [0.4, 0.5) is 0 Å². The van der Waals surface area contributed by atoms with Gasteiger partial charge in [0.05, 0.1) is 0 Å². The predicted octanol–water partition coefficient (Wildman–Crippen LogP) is 4.84. The lowest BCUT2D eigenvalue weighted by Crippen LogP contribution is -2.30. The van der Waals surface area contributed by atoms with Crippen LogP contribution in [0.1, 0.15) is 30.1 Å².